The largest absolute Gasteiger partial charge is 0.399 e. The van der Waals surface area contributed by atoms with E-state index >= 15 is 0 Å². The van der Waals surface area contributed by atoms with Crippen LogP contribution in [0.25, 0.3) is 0 Å². The highest BCUT2D eigenvalue weighted by Crippen LogP contribution is 2.16. The first-order valence-corrected chi connectivity index (χ1v) is 6.19. The Hall–Kier alpha value is -1.00. The van der Waals surface area contributed by atoms with Gasteiger partial charge in [-0.25, -0.2) is 0 Å². The molecule has 0 atom stereocenters. The lowest BCUT2D eigenvalue weighted by Crippen LogP contribution is -1.82. The van der Waals surface area contributed by atoms with Crippen molar-refractivity contribution in [2.75, 3.05) is 11.5 Å². The number of halogens is 2. The van der Waals surface area contributed by atoms with E-state index in [9.17, 15) is 0 Å². The molecule has 2 aromatic carbocycles. The maximum absolute atomic E-state index is 5.47. The predicted octanol–water partition coefficient (Wildman–Crippen LogP) is 4.06. The second-order valence-electron chi connectivity index (χ2n) is 3.07. The van der Waals surface area contributed by atoms with Crippen LogP contribution < -0.4 is 11.5 Å². The fourth-order valence-corrected chi connectivity index (χ4v) is 1.49. The van der Waals surface area contributed by atoms with Crippen LogP contribution in [0.5, 0.6) is 0 Å². The van der Waals surface area contributed by atoms with E-state index in [2.05, 4.69) is 31.9 Å². The van der Waals surface area contributed by atoms with Crippen molar-refractivity contribution in [1.29, 1.82) is 0 Å². The van der Waals surface area contributed by atoms with Gasteiger partial charge in [0, 0.05) is 20.3 Å². The molecule has 16 heavy (non-hydrogen) atoms. The van der Waals surface area contributed by atoms with Crippen molar-refractivity contribution in [3.8, 4) is 0 Å². The molecule has 84 valence electrons. The van der Waals surface area contributed by atoms with Crippen LogP contribution in [0.3, 0.4) is 0 Å². The maximum Gasteiger partial charge on any atom is 0.0458 e. The number of hydrogen-bond acceptors (Lipinski definition) is 2. The first-order valence-electron chi connectivity index (χ1n) is 4.60. The van der Waals surface area contributed by atoms with Crippen LogP contribution in [-0.4, -0.2) is 0 Å². The molecule has 0 amide bonds. The molecular formula is C12H12Br2N2. The predicted molar refractivity (Wildman–Crippen MR) is 77.1 cm³/mol. The molecule has 0 unspecified atom stereocenters. The van der Waals surface area contributed by atoms with Gasteiger partial charge in [-0.3, -0.25) is 0 Å². The Morgan fingerprint density at radius 2 is 1.31 bits per heavy atom. The van der Waals surface area contributed by atoms with Crippen molar-refractivity contribution in [3.05, 3.63) is 57.5 Å². The standard InChI is InChI=1S/2C6H6BrN/c7-5-1-3-6(8)4-2-5;7-5-3-1-2-4-6(5)8/h2*1-4H,8H2. The smallest absolute Gasteiger partial charge is 0.0458 e. The molecule has 0 fully saturated rings. The molecule has 2 aromatic rings. The lowest BCUT2D eigenvalue weighted by molar-refractivity contribution is 1.63. The van der Waals surface area contributed by atoms with Crippen LogP contribution in [0.15, 0.2) is 57.5 Å². The molecule has 0 aromatic heterocycles. The molecule has 0 saturated heterocycles. The van der Waals surface area contributed by atoms with E-state index in [0.717, 1.165) is 20.3 Å². The van der Waals surface area contributed by atoms with Gasteiger partial charge in [-0.05, 0) is 52.3 Å². The minimum atomic E-state index is 0.785. The molecule has 2 nitrogen and oxygen atoms in total. The summed E-state index contributed by atoms with van der Waals surface area (Å²) in [6.07, 6.45) is 0. The molecule has 0 saturated carbocycles. The van der Waals surface area contributed by atoms with Gasteiger partial charge in [0.2, 0.25) is 0 Å². The van der Waals surface area contributed by atoms with Crippen LogP contribution in [0.1, 0.15) is 0 Å². The molecule has 4 N–H and O–H groups in total. The first kappa shape index (κ1) is 13.1. The van der Waals surface area contributed by atoms with Crippen LogP contribution in [0.4, 0.5) is 11.4 Å². The van der Waals surface area contributed by atoms with Crippen molar-refractivity contribution in [2.24, 2.45) is 0 Å². The topological polar surface area (TPSA) is 52.0 Å². The van der Waals surface area contributed by atoms with Crippen molar-refractivity contribution in [1.82, 2.24) is 0 Å². The molecule has 0 bridgehead atoms. The Bertz CT molecular complexity index is 399. The molecular weight excluding hydrogens is 332 g/mol. The van der Waals surface area contributed by atoms with Gasteiger partial charge >= 0.3 is 0 Å². The third kappa shape index (κ3) is 4.68. The monoisotopic (exact) mass is 342 g/mol. The Morgan fingerprint density at radius 1 is 0.750 bits per heavy atom. The zero-order valence-corrected chi connectivity index (χ0v) is 11.7. The average Bonchev–Trinajstić information content (AvgIpc) is 2.28. The van der Waals surface area contributed by atoms with Gasteiger partial charge in [-0.2, -0.15) is 0 Å². The van der Waals surface area contributed by atoms with E-state index in [4.69, 9.17) is 11.5 Å². The van der Waals surface area contributed by atoms with E-state index in [1.807, 2.05) is 48.5 Å². The second kappa shape index (κ2) is 6.55. The molecule has 0 aliphatic heterocycles. The third-order valence-electron chi connectivity index (χ3n) is 1.78. The van der Waals surface area contributed by atoms with E-state index in [1.54, 1.807) is 0 Å². The summed E-state index contributed by atoms with van der Waals surface area (Å²) in [4.78, 5) is 0. The molecule has 0 aliphatic rings. The van der Waals surface area contributed by atoms with Gasteiger partial charge in [-0.15, -0.1) is 0 Å². The minimum Gasteiger partial charge on any atom is -0.399 e. The van der Waals surface area contributed by atoms with Crippen LogP contribution in [-0.2, 0) is 0 Å². The summed E-state index contributed by atoms with van der Waals surface area (Å²) in [5.74, 6) is 0. The summed E-state index contributed by atoms with van der Waals surface area (Å²) < 4.78 is 2.02. The number of nitrogens with two attached hydrogens (primary N) is 2. The number of rotatable bonds is 0. The number of anilines is 2. The van der Waals surface area contributed by atoms with Crippen molar-refractivity contribution >= 4 is 43.2 Å². The van der Waals surface area contributed by atoms with Gasteiger partial charge < -0.3 is 11.5 Å². The van der Waals surface area contributed by atoms with Crippen LogP contribution in [0, 0.1) is 0 Å². The van der Waals surface area contributed by atoms with Crippen LogP contribution in [0.2, 0.25) is 0 Å². The fourth-order valence-electron chi connectivity index (χ4n) is 0.938. The lowest BCUT2D eigenvalue weighted by Gasteiger charge is -1.91. The van der Waals surface area contributed by atoms with E-state index in [1.165, 1.54) is 0 Å². The molecule has 4 heteroatoms. The molecule has 0 heterocycles. The SMILES string of the molecule is Nc1ccc(Br)cc1.Nc1ccccc1Br. The molecule has 0 spiro atoms. The normalized spacial score (nSPS) is 9.12. The lowest BCUT2D eigenvalue weighted by atomic mass is 10.3. The second-order valence-corrected chi connectivity index (χ2v) is 4.84. The van der Waals surface area contributed by atoms with E-state index in [0.29, 0.717) is 0 Å². The first-order chi connectivity index (χ1) is 7.59. The third-order valence-corrected chi connectivity index (χ3v) is 3.03. The molecule has 0 radical (unpaired) electrons. The summed E-state index contributed by atoms with van der Waals surface area (Å²) >= 11 is 6.56. The molecule has 2 rings (SSSR count). The Labute approximate surface area is 112 Å². The highest BCUT2D eigenvalue weighted by atomic mass is 79.9. The van der Waals surface area contributed by atoms with Crippen LogP contribution >= 0.6 is 31.9 Å². The maximum atomic E-state index is 5.47. The van der Waals surface area contributed by atoms with Gasteiger partial charge in [0.15, 0.2) is 0 Å². The zero-order valence-electron chi connectivity index (χ0n) is 8.53. The summed E-state index contributed by atoms with van der Waals surface area (Å²) in [6.45, 7) is 0. The fraction of sp³-hybridized carbons (Fsp3) is 0. The van der Waals surface area contributed by atoms with Crippen molar-refractivity contribution in [3.63, 3.8) is 0 Å². The number of benzene rings is 2. The Balaban J connectivity index is 0.000000160. The summed E-state index contributed by atoms with van der Waals surface area (Å²) in [5, 5.41) is 0. The van der Waals surface area contributed by atoms with Gasteiger partial charge in [0.25, 0.3) is 0 Å². The van der Waals surface area contributed by atoms with E-state index < -0.39 is 0 Å². The van der Waals surface area contributed by atoms with E-state index in [-0.39, 0.29) is 0 Å². The van der Waals surface area contributed by atoms with Gasteiger partial charge in [0.05, 0.1) is 0 Å². The Morgan fingerprint density at radius 3 is 1.69 bits per heavy atom. The number of para-hydroxylation sites is 1. The number of hydrogen-bond donors (Lipinski definition) is 2. The van der Waals surface area contributed by atoms with Gasteiger partial charge in [0.1, 0.15) is 0 Å². The zero-order chi connectivity index (χ0) is 12.0. The quantitative estimate of drug-likeness (QED) is 0.708. The average molecular weight is 344 g/mol. The Kier molecular flexibility index (Phi) is 5.35. The summed E-state index contributed by atoms with van der Waals surface area (Å²) in [6, 6.07) is 15.1. The van der Waals surface area contributed by atoms with Gasteiger partial charge in [-0.1, -0.05) is 28.1 Å². The summed E-state index contributed by atoms with van der Waals surface area (Å²) in [5.41, 5.74) is 12.5. The highest BCUT2D eigenvalue weighted by Gasteiger charge is 1.86. The summed E-state index contributed by atoms with van der Waals surface area (Å²) in [7, 11) is 0. The van der Waals surface area contributed by atoms with Crippen molar-refractivity contribution < 1.29 is 0 Å². The van der Waals surface area contributed by atoms with Crippen molar-refractivity contribution in [2.45, 2.75) is 0 Å². The minimum absolute atomic E-state index is 0.785. The number of nitrogen functional groups attached to an aromatic ring is 2. The molecule has 0 aliphatic carbocycles. The highest BCUT2D eigenvalue weighted by molar-refractivity contribution is 9.10.